The fourth-order valence-electron chi connectivity index (χ4n) is 1.50. The van der Waals surface area contributed by atoms with Gasteiger partial charge in [-0.3, -0.25) is 10.4 Å². The zero-order valence-electron chi connectivity index (χ0n) is 11.8. The minimum atomic E-state index is -0.306. The van der Waals surface area contributed by atoms with Crippen molar-refractivity contribution in [2.24, 2.45) is 10.8 Å². The predicted octanol–water partition coefficient (Wildman–Crippen LogP) is 1.21. The molecule has 1 heterocycles. The molecule has 0 saturated carbocycles. The topological polar surface area (TPSA) is 84.6 Å². The maximum Gasteiger partial charge on any atom is 0.206 e. The first kappa shape index (κ1) is 15.9. The molecule has 4 N–H and O–H groups in total. The highest BCUT2D eigenvalue weighted by Crippen LogP contribution is 2.21. The van der Waals surface area contributed by atoms with Crippen LogP contribution in [0.15, 0.2) is 16.6 Å². The van der Waals surface area contributed by atoms with E-state index in [2.05, 4.69) is 20.7 Å². The molecule has 1 rings (SSSR count). The van der Waals surface area contributed by atoms with Gasteiger partial charge in [-0.15, -0.1) is 11.3 Å². The lowest BCUT2D eigenvalue weighted by Gasteiger charge is -2.25. The average molecular weight is 285 g/mol. The van der Waals surface area contributed by atoms with Gasteiger partial charge in [0.25, 0.3) is 0 Å². The third kappa shape index (κ3) is 5.54. The number of aliphatic imine (C=N–C) groups is 1. The third-order valence-electron chi connectivity index (χ3n) is 2.46. The van der Waals surface area contributed by atoms with Crippen LogP contribution in [0, 0.1) is 0 Å². The second-order valence-corrected chi connectivity index (χ2v) is 5.41. The summed E-state index contributed by atoms with van der Waals surface area (Å²) in [6.07, 6.45) is 2.66. The van der Waals surface area contributed by atoms with Crippen LogP contribution < -0.4 is 16.6 Å². The Morgan fingerprint density at radius 1 is 1.58 bits per heavy atom. The fraction of sp³-hybridized carbons (Fsp3) is 0.667. The van der Waals surface area contributed by atoms with Crippen molar-refractivity contribution in [1.29, 1.82) is 0 Å². The molecular weight excluding hydrogens is 262 g/mol. The zero-order chi connectivity index (χ0) is 14.1. The molecule has 0 aliphatic carbocycles. The molecule has 0 bridgehead atoms. The molecule has 6 nitrogen and oxygen atoms in total. The Hall–Kier alpha value is -1.18. The minimum absolute atomic E-state index is 0.306. The van der Waals surface area contributed by atoms with Crippen LogP contribution in [0.25, 0.3) is 0 Å². The smallest absolute Gasteiger partial charge is 0.206 e. The maximum absolute atomic E-state index is 5.48. The Kier molecular flexibility index (Phi) is 6.75. The number of hydrazine groups is 1. The summed E-state index contributed by atoms with van der Waals surface area (Å²) in [4.78, 5) is 8.68. The standard InChI is InChI=1S/C12H23N5OS/c1-4-18-8-5-6-15-11(17-13)16-12(2,3)10-14-7-9-19-10/h7,9H,4-6,8,13H2,1-3H3,(H2,15,16,17). The van der Waals surface area contributed by atoms with Crippen molar-refractivity contribution in [3.05, 3.63) is 16.6 Å². The number of nitrogens with zero attached hydrogens (tertiary/aromatic N) is 2. The van der Waals surface area contributed by atoms with E-state index in [1.54, 1.807) is 17.5 Å². The van der Waals surface area contributed by atoms with Crippen molar-refractivity contribution in [3.63, 3.8) is 0 Å². The first-order chi connectivity index (χ1) is 9.10. The Labute approximate surface area is 118 Å². The van der Waals surface area contributed by atoms with E-state index >= 15 is 0 Å². The van der Waals surface area contributed by atoms with Gasteiger partial charge in [-0.25, -0.2) is 10.8 Å². The third-order valence-corrected chi connectivity index (χ3v) is 3.55. The highest BCUT2D eigenvalue weighted by atomic mass is 32.1. The van der Waals surface area contributed by atoms with Crippen LogP contribution in [0.5, 0.6) is 0 Å². The Balaban J connectivity index is 2.49. The molecule has 1 aromatic rings. The molecule has 0 radical (unpaired) electrons. The van der Waals surface area contributed by atoms with Gasteiger partial charge >= 0.3 is 0 Å². The van der Waals surface area contributed by atoms with Crippen LogP contribution in [0.1, 0.15) is 32.2 Å². The van der Waals surface area contributed by atoms with E-state index in [1.165, 1.54) is 0 Å². The number of ether oxygens (including phenoxy) is 1. The number of rotatable bonds is 7. The molecular formula is C12H23N5OS. The van der Waals surface area contributed by atoms with Gasteiger partial charge in [0.05, 0.1) is 5.54 Å². The van der Waals surface area contributed by atoms with Gasteiger partial charge in [-0.1, -0.05) is 0 Å². The van der Waals surface area contributed by atoms with Gasteiger partial charge in [0.2, 0.25) is 5.96 Å². The number of thiazole rings is 1. The molecule has 108 valence electrons. The molecule has 0 amide bonds. The molecule has 0 aliphatic heterocycles. The lowest BCUT2D eigenvalue weighted by molar-refractivity contribution is 0.146. The van der Waals surface area contributed by atoms with Crippen LogP contribution in [-0.2, 0) is 10.3 Å². The summed E-state index contributed by atoms with van der Waals surface area (Å²) in [5.41, 5.74) is 2.28. The molecule has 0 aromatic carbocycles. The average Bonchev–Trinajstić information content (AvgIpc) is 2.91. The molecule has 0 saturated heterocycles. The van der Waals surface area contributed by atoms with Crippen LogP contribution in [-0.4, -0.2) is 30.7 Å². The van der Waals surface area contributed by atoms with Crippen LogP contribution >= 0.6 is 11.3 Å². The molecule has 0 unspecified atom stereocenters. The van der Waals surface area contributed by atoms with E-state index in [-0.39, 0.29) is 5.54 Å². The van der Waals surface area contributed by atoms with Crippen molar-refractivity contribution in [3.8, 4) is 0 Å². The van der Waals surface area contributed by atoms with Gasteiger partial charge in [0.15, 0.2) is 0 Å². The quantitative estimate of drug-likeness (QED) is 0.231. The lowest BCUT2D eigenvalue weighted by Crippen LogP contribution is -2.50. The second-order valence-electron chi connectivity index (χ2n) is 4.51. The normalized spacial score (nSPS) is 12.5. The van der Waals surface area contributed by atoms with Crippen LogP contribution in [0.3, 0.4) is 0 Å². The molecule has 0 atom stereocenters. The number of aromatic nitrogens is 1. The Bertz CT molecular complexity index is 377. The minimum Gasteiger partial charge on any atom is -0.382 e. The lowest BCUT2D eigenvalue weighted by atomic mass is 10.1. The number of hydrogen-bond donors (Lipinski definition) is 3. The zero-order valence-corrected chi connectivity index (χ0v) is 12.6. The Morgan fingerprint density at radius 2 is 2.37 bits per heavy atom. The largest absolute Gasteiger partial charge is 0.382 e. The van der Waals surface area contributed by atoms with Gasteiger partial charge in [0, 0.05) is 31.3 Å². The predicted molar refractivity (Wildman–Crippen MR) is 79.0 cm³/mol. The van der Waals surface area contributed by atoms with Crippen molar-refractivity contribution in [2.75, 3.05) is 19.8 Å². The van der Waals surface area contributed by atoms with E-state index in [1.807, 2.05) is 26.2 Å². The first-order valence-corrected chi connectivity index (χ1v) is 7.25. The molecule has 1 aromatic heterocycles. The summed E-state index contributed by atoms with van der Waals surface area (Å²) < 4.78 is 5.26. The molecule has 0 fully saturated rings. The van der Waals surface area contributed by atoms with Crippen molar-refractivity contribution in [1.82, 2.24) is 15.7 Å². The number of hydrogen-bond acceptors (Lipinski definition) is 5. The monoisotopic (exact) mass is 285 g/mol. The van der Waals surface area contributed by atoms with Gasteiger partial charge < -0.3 is 10.1 Å². The van der Waals surface area contributed by atoms with E-state index in [4.69, 9.17) is 10.6 Å². The van der Waals surface area contributed by atoms with E-state index in [9.17, 15) is 0 Å². The number of guanidine groups is 1. The maximum atomic E-state index is 5.48. The number of nitrogens with one attached hydrogen (secondary N) is 2. The summed E-state index contributed by atoms with van der Waals surface area (Å²) in [7, 11) is 0. The summed E-state index contributed by atoms with van der Waals surface area (Å²) in [5.74, 6) is 6.05. The van der Waals surface area contributed by atoms with Crippen molar-refractivity contribution < 1.29 is 4.74 Å². The van der Waals surface area contributed by atoms with E-state index in [0.717, 1.165) is 18.0 Å². The summed E-state index contributed by atoms with van der Waals surface area (Å²) in [6, 6.07) is 0. The molecule has 0 spiro atoms. The van der Waals surface area contributed by atoms with E-state index < -0.39 is 0 Å². The van der Waals surface area contributed by atoms with Crippen LogP contribution in [0.4, 0.5) is 0 Å². The SMILES string of the molecule is CCOCCCN=C(NN)NC(C)(C)c1nccs1. The van der Waals surface area contributed by atoms with E-state index in [0.29, 0.717) is 19.1 Å². The fourth-order valence-corrected chi connectivity index (χ4v) is 2.22. The highest BCUT2D eigenvalue weighted by molar-refractivity contribution is 7.09. The summed E-state index contributed by atoms with van der Waals surface area (Å²) in [5, 5.41) is 6.20. The summed E-state index contributed by atoms with van der Waals surface area (Å²) >= 11 is 1.60. The Morgan fingerprint density at radius 3 is 2.95 bits per heavy atom. The summed E-state index contributed by atoms with van der Waals surface area (Å²) in [6.45, 7) is 8.18. The van der Waals surface area contributed by atoms with Gasteiger partial charge in [-0.2, -0.15) is 0 Å². The van der Waals surface area contributed by atoms with Gasteiger partial charge in [0.1, 0.15) is 5.01 Å². The van der Waals surface area contributed by atoms with Crippen molar-refractivity contribution in [2.45, 2.75) is 32.7 Å². The van der Waals surface area contributed by atoms with Crippen molar-refractivity contribution >= 4 is 17.3 Å². The molecule has 0 aliphatic rings. The first-order valence-electron chi connectivity index (χ1n) is 6.37. The molecule has 7 heteroatoms. The number of nitrogens with two attached hydrogens (primary N) is 1. The van der Waals surface area contributed by atoms with Gasteiger partial charge in [-0.05, 0) is 27.2 Å². The molecule has 19 heavy (non-hydrogen) atoms. The second kappa shape index (κ2) is 8.08. The van der Waals surface area contributed by atoms with Crippen LogP contribution in [0.2, 0.25) is 0 Å². The highest BCUT2D eigenvalue weighted by Gasteiger charge is 2.24.